The van der Waals surface area contributed by atoms with Crippen LogP contribution in [0.25, 0.3) is 0 Å². The summed E-state index contributed by atoms with van der Waals surface area (Å²) in [4.78, 5) is 40.5. The molecule has 8 nitrogen and oxygen atoms in total. The van der Waals surface area contributed by atoms with E-state index in [4.69, 9.17) is 9.47 Å². The third-order valence-corrected chi connectivity index (χ3v) is 6.82. The minimum atomic E-state index is -0.812. The highest BCUT2D eigenvalue weighted by atomic mass is 16.5. The number of hydrogen-bond donors (Lipinski definition) is 2. The number of methoxy groups -OCH3 is 1. The zero-order valence-corrected chi connectivity index (χ0v) is 20.3. The Morgan fingerprint density at radius 3 is 2.47 bits per heavy atom. The molecule has 2 N–H and O–H groups in total. The molecular weight excluding hydrogens is 434 g/mol. The van der Waals surface area contributed by atoms with Crippen molar-refractivity contribution in [1.29, 1.82) is 0 Å². The van der Waals surface area contributed by atoms with Crippen molar-refractivity contribution < 1.29 is 23.9 Å². The Balaban J connectivity index is 1.61. The van der Waals surface area contributed by atoms with Crippen LogP contribution in [-0.4, -0.2) is 68.7 Å². The quantitative estimate of drug-likeness (QED) is 0.479. The summed E-state index contributed by atoms with van der Waals surface area (Å²) in [7, 11) is 1.32. The molecule has 1 aliphatic heterocycles. The smallest absolute Gasteiger partial charge is 0.329 e. The molecule has 1 heterocycles. The molecule has 1 aliphatic carbocycles. The van der Waals surface area contributed by atoms with Gasteiger partial charge in [-0.05, 0) is 17.9 Å². The molecule has 2 aliphatic rings. The number of benzene rings is 1. The monoisotopic (exact) mass is 473 g/mol. The standard InChI is InChI=1S/C26H39N3O5/c1-33-26(32)23(19-27-18-21-10-6-3-7-11-21)28-25(31)22(16-20-8-4-2-5-9-20)17-24(30)29-12-14-34-15-13-29/h3,6-7,10-11,20,22-23,27H,2,4-5,8-9,12-19H2,1H3,(H,28,31). The number of morpholine rings is 1. The molecule has 1 saturated heterocycles. The molecular formula is C26H39N3O5. The fourth-order valence-corrected chi connectivity index (χ4v) is 4.84. The molecule has 3 rings (SSSR count). The molecule has 2 unspecified atom stereocenters. The third-order valence-electron chi connectivity index (χ3n) is 6.82. The second kappa shape index (κ2) is 14.1. The van der Waals surface area contributed by atoms with E-state index in [2.05, 4.69) is 10.6 Å². The molecule has 1 saturated carbocycles. The number of nitrogens with zero attached hydrogens (tertiary/aromatic N) is 1. The lowest BCUT2D eigenvalue weighted by atomic mass is 9.81. The van der Waals surface area contributed by atoms with Crippen molar-refractivity contribution in [3.63, 3.8) is 0 Å². The maximum atomic E-state index is 13.4. The first-order valence-electron chi connectivity index (χ1n) is 12.5. The van der Waals surface area contributed by atoms with Gasteiger partial charge in [-0.3, -0.25) is 9.59 Å². The van der Waals surface area contributed by atoms with Crippen molar-refractivity contribution in [2.24, 2.45) is 11.8 Å². The van der Waals surface area contributed by atoms with E-state index in [-0.39, 0.29) is 24.8 Å². The molecule has 1 aromatic carbocycles. The van der Waals surface area contributed by atoms with Gasteiger partial charge >= 0.3 is 5.97 Å². The molecule has 0 radical (unpaired) electrons. The number of nitrogens with one attached hydrogen (secondary N) is 2. The second-order valence-electron chi connectivity index (χ2n) is 9.33. The minimum Gasteiger partial charge on any atom is -0.467 e. The Kier molecular flexibility index (Phi) is 10.8. The van der Waals surface area contributed by atoms with Crippen LogP contribution in [0.5, 0.6) is 0 Å². The molecule has 8 heteroatoms. The molecule has 0 aromatic heterocycles. The van der Waals surface area contributed by atoms with E-state index >= 15 is 0 Å². The van der Waals surface area contributed by atoms with E-state index in [1.165, 1.54) is 26.4 Å². The van der Waals surface area contributed by atoms with E-state index in [0.717, 1.165) is 18.4 Å². The minimum absolute atomic E-state index is 0.0175. The summed E-state index contributed by atoms with van der Waals surface area (Å²) in [6.07, 6.45) is 6.59. The van der Waals surface area contributed by atoms with Crippen LogP contribution in [0.1, 0.15) is 50.5 Å². The van der Waals surface area contributed by atoms with Crippen LogP contribution in [-0.2, 0) is 30.4 Å². The number of ether oxygens (including phenoxy) is 2. The zero-order chi connectivity index (χ0) is 24.2. The van der Waals surface area contributed by atoms with E-state index in [9.17, 15) is 14.4 Å². The fraction of sp³-hybridized carbons (Fsp3) is 0.654. The van der Waals surface area contributed by atoms with Gasteiger partial charge in [0.1, 0.15) is 6.04 Å². The predicted octanol–water partition coefficient (Wildman–Crippen LogP) is 2.27. The number of esters is 1. The van der Waals surface area contributed by atoms with Crippen LogP contribution in [0.2, 0.25) is 0 Å². The van der Waals surface area contributed by atoms with E-state index in [1.54, 1.807) is 4.90 Å². The zero-order valence-electron chi connectivity index (χ0n) is 20.3. The van der Waals surface area contributed by atoms with Crippen LogP contribution in [0, 0.1) is 11.8 Å². The van der Waals surface area contributed by atoms with Gasteiger partial charge in [0.2, 0.25) is 11.8 Å². The van der Waals surface area contributed by atoms with Gasteiger partial charge in [-0.1, -0.05) is 62.4 Å². The largest absolute Gasteiger partial charge is 0.467 e. The maximum absolute atomic E-state index is 13.4. The Hall–Kier alpha value is -2.45. The SMILES string of the molecule is COC(=O)C(CNCc1ccccc1)NC(=O)C(CC(=O)N1CCOCC1)CC1CCCCC1. The number of amides is 2. The van der Waals surface area contributed by atoms with Crippen molar-refractivity contribution in [1.82, 2.24) is 15.5 Å². The summed E-state index contributed by atoms with van der Waals surface area (Å²) in [6.45, 7) is 3.01. The first-order chi connectivity index (χ1) is 16.6. The maximum Gasteiger partial charge on any atom is 0.329 e. The fourth-order valence-electron chi connectivity index (χ4n) is 4.84. The first-order valence-corrected chi connectivity index (χ1v) is 12.5. The average Bonchev–Trinajstić information content (AvgIpc) is 2.88. The van der Waals surface area contributed by atoms with Crippen molar-refractivity contribution in [2.45, 2.75) is 57.5 Å². The molecule has 2 fully saturated rings. The van der Waals surface area contributed by atoms with E-state index in [0.29, 0.717) is 45.2 Å². The summed E-state index contributed by atoms with van der Waals surface area (Å²) in [6, 6.07) is 9.04. The molecule has 0 spiro atoms. The first kappa shape index (κ1) is 26.2. The number of rotatable bonds is 11. The highest BCUT2D eigenvalue weighted by Gasteiger charge is 2.31. The molecule has 2 atom stereocenters. The normalized spacial score (nSPS) is 18.7. The summed E-state index contributed by atoms with van der Waals surface area (Å²) >= 11 is 0. The van der Waals surface area contributed by atoms with Crippen molar-refractivity contribution in [3.05, 3.63) is 35.9 Å². The summed E-state index contributed by atoms with van der Waals surface area (Å²) < 4.78 is 10.3. The Morgan fingerprint density at radius 1 is 1.09 bits per heavy atom. The Morgan fingerprint density at radius 2 is 1.79 bits per heavy atom. The van der Waals surface area contributed by atoms with Crippen LogP contribution in [0.15, 0.2) is 30.3 Å². The van der Waals surface area contributed by atoms with Crippen LogP contribution in [0.4, 0.5) is 0 Å². The topological polar surface area (TPSA) is 97.0 Å². The van der Waals surface area contributed by atoms with Gasteiger partial charge in [0.15, 0.2) is 0 Å². The lowest BCUT2D eigenvalue weighted by Gasteiger charge is -2.30. The van der Waals surface area contributed by atoms with Gasteiger partial charge < -0.3 is 25.0 Å². The van der Waals surface area contributed by atoms with Gasteiger partial charge in [0.25, 0.3) is 0 Å². The third kappa shape index (κ3) is 8.40. The molecule has 2 amide bonds. The van der Waals surface area contributed by atoms with E-state index < -0.39 is 17.9 Å². The molecule has 34 heavy (non-hydrogen) atoms. The highest BCUT2D eigenvalue weighted by molar-refractivity contribution is 5.89. The predicted molar refractivity (Wildman–Crippen MR) is 129 cm³/mol. The lowest BCUT2D eigenvalue weighted by Crippen LogP contribution is -2.50. The average molecular weight is 474 g/mol. The number of carbonyl (C=O) groups excluding carboxylic acids is 3. The molecule has 0 bridgehead atoms. The van der Waals surface area contributed by atoms with Gasteiger partial charge in [0, 0.05) is 38.5 Å². The van der Waals surface area contributed by atoms with Crippen LogP contribution < -0.4 is 10.6 Å². The Bertz CT molecular complexity index is 776. The molecule has 1 aromatic rings. The number of hydrogen-bond acceptors (Lipinski definition) is 6. The van der Waals surface area contributed by atoms with Gasteiger partial charge in [-0.15, -0.1) is 0 Å². The number of carbonyl (C=O) groups is 3. The van der Waals surface area contributed by atoms with Crippen LogP contribution >= 0.6 is 0 Å². The van der Waals surface area contributed by atoms with Crippen molar-refractivity contribution in [2.75, 3.05) is 40.0 Å². The Labute approximate surface area is 202 Å². The van der Waals surface area contributed by atoms with Gasteiger partial charge in [-0.2, -0.15) is 0 Å². The summed E-state index contributed by atoms with van der Waals surface area (Å²) in [5, 5.41) is 6.11. The molecule has 188 valence electrons. The van der Waals surface area contributed by atoms with Gasteiger partial charge in [0.05, 0.1) is 20.3 Å². The van der Waals surface area contributed by atoms with Crippen molar-refractivity contribution >= 4 is 17.8 Å². The second-order valence-corrected chi connectivity index (χ2v) is 9.33. The summed E-state index contributed by atoms with van der Waals surface area (Å²) in [5.74, 6) is -0.778. The summed E-state index contributed by atoms with van der Waals surface area (Å²) in [5.41, 5.74) is 1.09. The van der Waals surface area contributed by atoms with E-state index in [1.807, 2.05) is 30.3 Å². The lowest BCUT2D eigenvalue weighted by molar-refractivity contribution is -0.146. The highest BCUT2D eigenvalue weighted by Crippen LogP contribution is 2.30. The van der Waals surface area contributed by atoms with Crippen molar-refractivity contribution in [3.8, 4) is 0 Å². The van der Waals surface area contributed by atoms with Crippen LogP contribution in [0.3, 0.4) is 0 Å². The van der Waals surface area contributed by atoms with Gasteiger partial charge in [-0.25, -0.2) is 4.79 Å².